The van der Waals surface area contributed by atoms with Gasteiger partial charge in [0.05, 0.1) is 28.2 Å². The molecule has 4 rings (SSSR count). The Balaban J connectivity index is 1.56. The van der Waals surface area contributed by atoms with Crippen LogP contribution in [0.1, 0.15) is 60.4 Å². The molecule has 0 fully saturated rings. The van der Waals surface area contributed by atoms with Crippen LogP contribution in [0.25, 0.3) is 0 Å². The number of fused-ring (bicyclic) bond motifs is 1. The number of anilines is 1. The van der Waals surface area contributed by atoms with Crippen LogP contribution < -0.4 is 10.6 Å². The first-order chi connectivity index (χ1) is 21.8. The standard InChI is InChI=1S/C34H40N4O7S/c1-22(2)20-37(46(44,45)27-17-15-26(16-18-27)35-24(4)39)21-31(40)30(19-14-25-10-6-5-7-11-25)36-32(41)23(3)38-33(42)28-12-8-9-13-29(28)34(38)43/h5-13,15-18,22-23,30-31,40H,14,19-21H2,1-4H3,(H,35,39)(H,36,41)/t23?,30-,31+/m0/s1. The molecule has 0 aliphatic carbocycles. The summed E-state index contributed by atoms with van der Waals surface area (Å²) in [6.45, 7) is 6.27. The Bertz CT molecular complexity index is 1640. The Labute approximate surface area is 269 Å². The Hall–Kier alpha value is -4.39. The van der Waals surface area contributed by atoms with Crippen LogP contribution in [-0.2, 0) is 26.0 Å². The van der Waals surface area contributed by atoms with Crippen molar-refractivity contribution in [3.8, 4) is 0 Å². The smallest absolute Gasteiger partial charge is 0.262 e. The van der Waals surface area contributed by atoms with Crippen LogP contribution in [-0.4, -0.2) is 77.6 Å². The third-order valence-corrected chi connectivity index (χ3v) is 9.59. The molecule has 0 saturated heterocycles. The zero-order chi connectivity index (χ0) is 33.6. The van der Waals surface area contributed by atoms with Gasteiger partial charge in [-0.1, -0.05) is 56.3 Å². The van der Waals surface area contributed by atoms with Crippen molar-refractivity contribution in [3.63, 3.8) is 0 Å². The Morgan fingerprint density at radius 2 is 1.41 bits per heavy atom. The maximum Gasteiger partial charge on any atom is 0.262 e. The normalized spacial score (nSPS) is 15.1. The molecule has 3 N–H and O–H groups in total. The number of sulfonamides is 1. The van der Waals surface area contributed by atoms with Gasteiger partial charge in [0.25, 0.3) is 11.8 Å². The molecule has 1 aliphatic heterocycles. The topological polar surface area (TPSA) is 153 Å². The molecule has 11 nitrogen and oxygen atoms in total. The molecular formula is C34H40N4O7S. The number of hydrogen-bond acceptors (Lipinski definition) is 7. The summed E-state index contributed by atoms with van der Waals surface area (Å²) in [5.41, 5.74) is 1.82. The molecule has 4 amide bonds. The molecule has 3 aromatic rings. The number of hydrogen-bond donors (Lipinski definition) is 3. The quantitative estimate of drug-likeness (QED) is 0.226. The average Bonchev–Trinajstić information content (AvgIpc) is 3.27. The van der Waals surface area contributed by atoms with E-state index in [1.54, 1.807) is 12.1 Å². The monoisotopic (exact) mass is 648 g/mol. The van der Waals surface area contributed by atoms with E-state index in [1.807, 2.05) is 44.2 Å². The number of carbonyl (C=O) groups is 4. The second-order valence-corrected chi connectivity index (χ2v) is 13.8. The fourth-order valence-corrected chi connectivity index (χ4v) is 7.01. The highest BCUT2D eigenvalue weighted by Gasteiger charge is 2.41. The average molecular weight is 649 g/mol. The molecular weight excluding hydrogens is 608 g/mol. The number of benzene rings is 3. The number of nitrogens with one attached hydrogen (secondary N) is 2. The van der Waals surface area contributed by atoms with Gasteiger partial charge in [0.1, 0.15) is 6.04 Å². The molecule has 0 aromatic heterocycles. The van der Waals surface area contributed by atoms with Crippen molar-refractivity contribution < 1.29 is 32.7 Å². The predicted octanol–water partition coefficient (Wildman–Crippen LogP) is 3.45. The van der Waals surface area contributed by atoms with E-state index in [4.69, 9.17) is 0 Å². The molecule has 1 unspecified atom stereocenters. The van der Waals surface area contributed by atoms with E-state index >= 15 is 0 Å². The lowest BCUT2D eigenvalue weighted by molar-refractivity contribution is -0.126. The van der Waals surface area contributed by atoms with E-state index in [0.717, 1.165) is 10.5 Å². The molecule has 0 spiro atoms. The van der Waals surface area contributed by atoms with Gasteiger partial charge in [-0.3, -0.25) is 24.1 Å². The van der Waals surface area contributed by atoms with E-state index in [1.165, 1.54) is 54.6 Å². The van der Waals surface area contributed by atoms with Crippen LogP contribution in [0.2, 0.25) is 0 Å². The third-order valence-electron chi connectivity index (χ3n) is 7.74. The summed E-state index contributed by atoms with van der Waals surface area (Å²) in [6.07, 6.45) is -0.618. The zero-order valence-electron chi connectivity index (χ0n) is 26.3. The Kier molecular flexibility index (Phi) is 11.1. The Morgan fingerprint density at radius 3 is 1.96 bits per heavy atom. The molecule has 0 bridgehead atoms. The van der Waals surface area contributed by atoms with Gasteiger partial charge in [-0.05, 0) is 67.6 Å². The van der Waals surface area contributed by atoms with E-state index in [9.17, 15) is 32.7 Å². The van der Waals surface area contributed by atoms with Gasteiger partial charge in [0, 0.05) is 25.7 Å². The SMILES string of the molecule is CC(=O)Nc1ccc(S(=O)(=O)N(CC(C)C)C[C@@H](O)[C@H](CCc2ccccc2)NC(=O)C(C)N2C(=O)c3ccccc3C2=O)cc1. The number of imide groups is 1. The van der Waals surface area contributed by atoms with Gasteiger partial charge in [0.2, 0.25) is 21.8 Å². The van der Waals surface area contributed by atoms with E-state index in [-0.39, 0.29) is 47.4 Å². The van der Waals surface area contributed by atoms with Crippen LogP contribution in [0.3, 0.4) is 0 Å². The number of aliphatic hydroxyl groups excluding tert-OH is 1. The molecule has 46 heavy (non-hydrogen) atoms. The van der Waals surface area contributed by atoms with Crippen LogP contribution in [0.4, 0.5) is 5.69 Å². The highest BCUT2D eigenvalue weighted by molar-refractivity contribution is 7.89. The minimum atomic E-state index is -4.09. The molecule has 244 valence electrons. The molecule has 12 heteroatoms. The molecule has 3 aromatic carbocycles. The number of aryl methyl sites for hydroxylation is 1. The van der Waals surface area contributed by atoms with E-state index in [2.05, 4.69) is 10.6 Å². The molecule has 3 atom stereocenters. The largest absolute Gasteiger partial charge is 0.390 e. The minimum Gasteiger partial charge on any atom is -0.390 e. The summed E-state index contributed by atoms with van der Waals surface area (Å²) in [4.78, 5) is 51.9. The number of aliphatic hydroxyl groups is 1. The van der Waals surface area contributed by atoms with E-state index in [0.29, 0.717) is 12.1 Å². The van der Waals surface area contributed by atoms with Crippen LogP contribution >= 0.6 is 0 Å². The second-order valence-electron chi connectivity index (χ2n) is 11.8. The number of amides is 4. The highest BCUT2D eigenvalue weighted by Crippen LogP contribution is 2.25. The highest BCUT2D eigenvalue weighted by atomic mass is 32.2. The van der Waals surface area contributed by atoms with Gasteiger partial charge < -0.3 is 15.7 Å². The van der Waals surface area contributed by atoms with Crippen molar-refractivity contribution in [2.24, 2.45) is 5.92 Å². The van der Waals surface area contributed by atoms with Gasteiger partial charge in [-0.15, -0.1) is 0 Å². The fraction of sp³-hybridized carbons (Fsp3) is 0.353. The second kappa shape index (κ2) is 14.8. The van der Waals surface area contributed by atoms with Crippen LogP contribution in [0.5, 0.6) is 0 Å². The summed E-state index contributed by atoms with van der Waals surface area (Å²) >= 11 is 0. The summed E-state index contributed by atoms with van der Waals surface area (Å²) in [5, 5.41) is 17.0. The van der Waals surface area contributed by atoms with Gasteiger partial charge in [-0.25, -0.2) is 8.42 Å². The predicted molar refractivity (Wildman–Crippen MR) is 173 cm³/mol. The van der Waals surface area contributed by atoms with Crippen LogP contribution in [0, 0.1) is 5.92 Å². The van der Waals surface area contributed by atoms with Crippen LogP contribution in [0.15, 0.2) is 83.8 Å². The van der Waals surface area contributed by atoms with Crippen molar-refractivity contribution in [1.29, 1.82) is 0 Å². The summed E-state index contributed by atoms with van der Waals surface area (Å²) in [6, 6.07) is 19.4. The molecule has 0 saturated carbocycles. The van der Waals surface area contributed by atoms with Gasteiger partial charge >= 0.3 is 0 Å². The number of rotatable bonds is 14. The van der Waals surface area contributed by atoms with Crippen molar-refractivity contribution in [3.05, 3.63) is 95.6 Å². The molecule has 1 aliphatic rings. The summed E-state index contributed by atoms with van der Waals surface area (Å²) in [5.74, 6) is -2.20. The van der Waals surface area contributed by atoms with Crippen molar-refractivity contribution in [2.45, 2.75) is 63.6 Å². The maximum atomic E-state index is 13.8. The Morgan fingerprint density at radius 1 is 0.848 bits per heavy atom. The van der Waals surface area contributed by atoms with Crippen molar-refractivity contribution in [1.82, 2.24) is 14.5 Å². The number of carbonyl (C=O) groups excluding carboxylic acids is 4. The lowest BCUT2D eigenvalue weighted by Gasteiger charge is -2.32. The van der Waals surface area contributed by atoms with Crippen molar-refractivity contribution in [2.75, 3.05) is 18.4 Å². The summed E-state index contributed by atoms with van der Waals surface area (Å²) < 4.78 is 28.7. The molecule has 1 heterocycles. The summed E-state index contributed by atoms with van der Waals surface area (Å²) in [7, 11) is -4.09. The zero-order valence-corrected chi connectivity index (χ0v) is 27.2. The van der Waals surface area contributed by atoms with Crippen molar-refractivity contribution >= 4 is 39.3 Å². The first-order valence-corrected chi connectivity index (χ1v) is 16.6. The number of nitrogens with zero attached hydrogens (tertiary/aromatic N) is 2. The van der Waals surface area contributed by atoms with E-state index < -0.39 is 45.9 Å². The first-order valence-electron chi connectivity index (χ1n) is 15.2. The lowest BCUT2D eigenvalue weighted by Crippen LogP contribution is -2.55. The maximum absolute atomic E-state index is 13.8. The fourth-order valence-electron chi connectivity index (χ4n) is 5.38. The third kappa shape index (κ3) is 8.06. The van der Waals surface area contributed by atoms with Gasteiger partial charge in [-0.2, -0.15) is 4.31 Å². The molecule has 0 radical (unpaired) electrons. The lowest BCUT2D eigenvalue weighted by atomic mass is 10.00. The van der Waals surface area contributed by atoms with Gasteiger partial charge in [0.15, 0.2) is 0 Å². The minimum absolute atomic E-state index is 0.0152. The first kappa shape index (κ1) is 34.5.